The van der Waals surface area contributed by atoms with Gasteiger partial charge >= 0.3 is 0 Å². The van der Waals surface area contributed by atoms with Crippen LogP contribution in [0.2, 0.25) is 5.28 Å². The van der Waals surface area contributed by atoms with Crippen LogP contribution in [-0.2, 0) is 11.3 Å². The van der Waals surface area contributed by atoms with Gasteiger partial charge in [-0.25, -0.2) is 9.37 Å². The van der Waals surface area contributed by atoms with Crippen molar-refractivity contribution >= 4 is 29.0 Å². The van der Waals surface area contributed by atoms with Crippen molar-refractivity contribution in [2.75, 3.05) is 11.9 Å². The number of nitro benzene ring substituents is 1. The zero-order valence-corrected chi connectivity index (χ0v) is 17.3. The van der Waals surface area contributed by atoms with E-state index in [4.69, 9.17) is 17.3 Å². The number of anilines is 1. The molecule has 0 radical (unpaired) electrons. The molecule has 1 heterocycles. The monoisotopic (exact) mass is 448 g/mol. The second-order valence-electron chi connectivity index (χ2n) is 8.15. The van der Waals surface area contributed by atoms with Gasteiger partial charge in [0.1, 0.15) is 0 Å². The maximum Gasteiger partial charge on any atom is 0.269 e. The zero-order valence-electron chi connectivity index (χ0n) is 16.5. The summed E-state index contributed by atoms with van der Waals surface area (Å²) in [4.78, 5) is 30.1. The number of nitrogens with one attached hydrogen (secondary N) is 2. The van der Waals surface area contributed by atoms with E-state index in [1.54, 1.807) is 12.1 Å². The van der Waals surface area contributed by atoms with E-state index < -0.39 is 22.6 Å². The van der Waals surface area contributed by atoms with Gasteiger partial charge in [0, 0.05) is 24.7 Å². The fourth-order valence-corrected chi connectivity index (χ4v) is 5.26. The minimum absolute atomic E-state index is 0.0351. The Labute approximate surface area is 182 Å². The van der Waals surface area contributed by atoms with E-state index in [0.29, 0.717) is 13.1 Å². The maximum atomic E-state index is 14.1. The number of nitrogens with two attached hydrogens (primary N) is 1. The van der Waals surface area contributed by atoms with E-state index in [1.807, 2.05) is 6.07 Å². The number of rotatable bonds is 8. The Kier molecular flexibility index (Phi) is 6.01. The Hall–Kier alpha value is -2.85. The number of benzene rings is 1. The smallest absolute Gasteiger partial charge is 0.269 e. The highest BCUT2D eigenvalue weighted by molar-refractivity contribution is 6.28. The van der Waals surface area contributed by atoms with E-state index in [2.05, 4.69) is 20.6 Å². The van der Waals surface area contributed by atoms with Crippen molar-refractivity contribution in [2.24, 2.45) is 29.4 Å². The van der Waals surface area contributed by atoms with Crippen LogP contribution < -0.4 is 16.4 Å². The molecule has 164 valence electrons. The molecule has 2 bridgehead atoms. The van der Waals surface area contributed by atoms with Crippen LogP contribution in [-0.4, -0.2) is 33.4 Å². The number of nitrogens with zero attached hydrogens (tertiary/aromatic N) is 3. The Morgan fingerprint density at radius 2 is 2.19 bits per heavy atom. The molecule has 4 rings (SSSR count). The largest absolute Gasteiger partial charge is 0.369 e. The van der Waals surface area contributed by atoms with Gasteiger partial charge in [-0.2, -0.15) is 4.98 Å². The summed E-state index contributed by atoms with van der Waals surface area (Å²) < 4.78 is 14.1. The van der Waals surface area contributed by atoms with Crippen molar-refractivity contribution in [1.82, 2.24) is 15.3 Å². The molecule has 0 saturated heterocycles. The third-order valence-corrected chi connectivity index (χ3v) is 6.53. The van der Waals surface area contributed by atoms with Crippen molar-refractivity contribution in [3.05, 3.63) is 57.2 Å². The molecule has 11 heteroatoms. The zero-order chi connectivity index (χ0) is 22.1. The molecule has 1 aromatic carbocycles. The number of carbonyl (C=O) groups excluding carboxylic acids is 1. The van der Waals surface area contributed by atoms with E-state index >= 15 is 0 Å². The van der Waals surface area contributed by atoms with Crippen LogP contribution >= 0.6 is 11.6 Å². The van der Waals surface area contributed by atoms with Gasteiger partial charge in [0.25, 0.3) is 5.69 Å². The van der Waals surface area contributed by atoms with Gasteiger partial charge in [-0.05, 0) is 54.3 Å². The summed E-state index contributed by atoms with van der Waals surface area (Å²) in [5, 5.41) is 17.3. The summed E-state index contributed by atoms with van der Waals surface area (Å²) in [6.45, 7) is 1.16. The minimum atomic E-state index is -0.643. The third-order valence-electron chi connectivity index (χ3n) is 6.35. The predicted octanol–water partition coefficient (Wildman–Crippen LogP) is 2.51. The minimum Gasteiger partial charge on any atom is -0.369 e. The summed E-state index contributed by atoms with van der Waals surface area (Å²) in [7, 11) is 0. The molecule has 31 heavy (non-hydrogen) atoms. The summed E-state index contributed by atoms with van der Waals surface area (Å²) in [5.74, 6) is -1.03. The van der Waals surface area contributed by atoms with Gasteiger partial charge in [-0.3, -0.25) is 14.9 Å². The number of nitro groups is 1. The number of primary amides is 1. The van der Waals surface area contributed by atoms with Gasteiger partial charge in [0.2, 0.25) is 11.2 Å². The Morgan fingerprint density at radius 3 is 2.94 bits per heavy atom. The van der Waals surface area contributed by atoms with Crippen LogP contribution in [0.5, 0.6) is 0 Å². The Balaban J connectivity index is 1.43. The number of amides is 1. The van der Waals surface area contributed by atoms with Crippen LogP contribution in [0, 0.1) is 39.6 Å². The van der Waals surface area contributed by atoms with Crippen molar-refractivity contribution in [1.29, 1.82) is 0 Å². The van der Waals surface area contributed by atoms with Crippen LogP contribution in [0.1, 0.15) is 18.4 Å². The number of carbonyl (C=O) groups is 1. The number of hydrogen-bond donors (Lipinski definition) is 3. The molecule has 2 aliphatic carbocycles. The molecule has 0 spiro atoms. The fraction of sp³-hybridized carbons (Fsp3) is 0.450. The van der Waals surface area contributed by atoms with E-state index in [-0.39, 0.29) is 40.6 Å². The van der Waals surface area contributed by atoms with Crippen molar-refractivity contribution in [3.8, 4) is 0 Å². The van der Waals surface area contributed by atoms with Crippen LogP contribution in [0.25, 0.3) is 0 Å². The third kappa shape index (κ3) is 4.45. The predicted molar refractivity (Wildman–Crippen MR) is 112 cm³/mol. The first-order valence-corrected chi connectivity index (χ1v) is 10.4. The summed E-state index contributed by atoms with van der Waals surface area (Å²) in [6, 6.07) is 6.14. The molecule has 0 aliphatic heterocycles. The lowest BCUT2D eigenvalue weighted by atomic mass is 9.77. The first kappa shape index (κ1) is 21.4. The second kappa shape index (κ2) is 8.72. The van der Waals surface area contributed by atoms with E-state index in [9.17, 15) is 19.3 Å². The number of hydrogen-bond acceptors (Lipinski definition) is 7. The highest BCUT2D eigenvalue weighted by atomic mass is 35.5. The fourth-order valence-electron chi connectivity index (χ4n) is 5.12. The topological polar surface area (TPSA) is 136 Å². The number of halogens is 2. The van der Waals surface area contributed by atoms with Crippen molar-refractivity contribution in [2.45, 2.75) is 25.4 Å². The van der Waals surface area contributed by atoms with E-state index in [0.717, 1.165) is 24.6 Å². The number of non-ortho nitro benzene ring substituents is 1. The van der Waals surface area contributed by atoms with Gasteiger partial charge in [-0.15, -0.1) is 0 Å². The van der Waals surface area contributed by atoms with Gasteiger partial charge < -0.3 is 16.4 Å². The molecule has 2 aromatic rings. The molecule has 0 unspecified atom stereocenters. The molecule has 2 saturated carbocycles. The number of fused-ring (bicyclic) bond motifs is 2. The molecular formula is C20H22ClFN6O3. The lowest BCUT2D eigenvalue weighted by Gasteiger charge is -2.35. The molecule has 5 atom stereocenters. The van der Waals surface area contributed by atoms with Gasteiger partial charge in [-0.1, -0.05) is 12.1 Å². The first-order valence-electron chi connectivity index (χ1n) is 10.0. The molecule has 2 aliphatic rings. The molecule has 4 N–H and O–H groups in total. The normalized spacial score (nSPS) is 26.7. The van der Waals surface area contributed by atoms with Crippen molar-refractivity contribution < 1.29 is 14.1 Å². The molecular weight excluding hydrogens is 427 g/mol. The lowest BCUT2D eigenvalue weighted by Crippen LogP contribution is -2.47. The average Bonchev–Trinajstić information content (AvgIpc) is 3.29. The SMILES string of the molecule is NC(=O)[C@H]1[C@H]2C[C@@H](CNCc3cccc([N+](=O)[O-])c3)[C@@H](C2)[C@H]1Nc1nc(Cl)ncc1F. The highest BCUT2D eigenvalue weighted by Gasteiger charge is 2.54. The van der Waals surface area contributed by atoms with E-state index in [1.165, 1.54) is 6.07 Å². The summed E-state index contributed by atoms with van der Waals surface area (Å²) >= 11 is 5.79. The standard InChI is InChI=1S/C20H22ClFN6O3/c21-20-25-9-15(22)19(27-20)26-17-14-6-11(16(17)18(23)29)5-12(14)8-24-7-10-2-1-3-13(4-10)28(30)31/h1-4,9,11-12,14,16-17,24H,5-8H2,(H2,23,29)(H,25,26,27)/t11-,12-,14+,16-,17+/m0/s1. The van der Waals surface area contributed by atoms with Crippen LogP contribution in [0.15, 0.2) is 30.5 Å². The maximum absolute atomic E-state index is 14.1. The molecule has 9 nitrogen and oxygen atoms in total. The number of aromatic nitrogens is 2. The van der Waals surface area contributed by atoms with Crippen molar-refractivity contribution in [3.63, 3.8) is 0 Å². The molecule has 1 amide bonds. The highest BCUT2D eigenvalue weighted by Crippen LogP contribution is 2.52. The first-order chi connectivity index (χ1) is 14.8. The van der Waals surface area contributed by atoms with Gasteiger partial charge in [0.15, 0.2) is 11.6 Å². The van der Waals surface area contributed by atoms with Gasteiger partial charge in [0.05, 0.1) is 17.0 Å². The summed E-state index contributed by atoms with van der Waals surface area (Å²) in [6.07, 6.45) is 2.64. The quantitative estimate of drug-likeness (QED) is 0.320. The second-order valence-corrected chi connectivity index (χ2v) is 8.49. The molecule has 2 fully saturated rings. The van der Waals surface area contributed by atoms with Crippen LogP contribution in [0.3, 0.4) is 0 Å². The Morgan fingerprint density at radius 1 is 1.39 bits per heavy atom. The van der Waals surface area contributed by atoms with Crippen LogP contribution in [0.4, 0.5) is 15.9 Å². The Bertz CT molecular complexity index is 1010. The lowest BCUT2D eigenvalue weighted by molar-refractivity contribution is -0.384. The average molecular weight is 449 g/mol. The molecule has 1 aromatic heterocycles. The summed E-state index contributed by atoms with van der Waals surface area (Å²) in [5.41, 5.74) is 6.53.